The molecule has 1 aromatic heterocycles. The lowest BCUT2D eigenvalue weighted by atomic mass is 9.79. The molecule has 1 aliphatic carbocycles. The largest absolute Gasteiger partial charge is 0.445 e. The average molecular weight is 577 g/mol. The highest BCUT2D eigenvalue weighted by Crippen LogP contribution is 2.42. The number of piperidine rings is 1. The molecule has 3 aliphatic heterocycles. The van der Waals surface area contributed by atoms with Crippen molar-refractivity contribution in [3.63, 3.8) is 0 Å². The molecule has 4 heterocycles. The molecule has 2 unspecified atom stereocenters. The van der Waals surface area contributed by atoms with Crippen molar-refractivity contribution in [1.82, 2.24) is 14.8 Å². The summed E-state index contributed by atoms with van der Waals surface area (Å²) in [5.41, 5.74) is 2.88. The van der Waals surface area contributed by atoms with E-state index in [4.69, 9.17) is 19.2 Å². The highest BCUT2D eigenvalue weighted by Gasteiger charge is 2.42. The van der Waals surface area contributed by atoms with Crippen LogP contribution < -0.4 is 4.90 Å². The van der Waals surface area contributed by atoms with Gasteiger partial charge < -0.3 is 28.9 Å². The normalized spacial score (nSPS) is 26.1. The van der Waals surface area contributed by atoms with Gasteiger partial charge >= 0.3 is 12.2 Å². The Morgan fingerprint density at radius 1 is 0.881 bits per heavy atom. The molecule has 0 radical (unpaired) electrons. The van der Waals surface area contributed by atoms with Crippen LogP contribution in [0.15, 0.2) is 48.7 Å². The molecule has 2 bridgehead atoms. The standard InChI is InChI=1S/C33H44N4O5/c1-33(2,3)42-32(39)35-15-12-28(13-16-35)41-29-17-24(18-29)30-19-25(11-14-34-30)37-26-9-10-27(37)21-36(20-26)31(38)40-22-23-7-5-4-6-8-23/h4-8,11,14,19,24,26-29H,9-10,12-13,15-18,20-22H2,1-3H3. The first-order valence-electron chi connectivity index (χ1n) is 15.5. The number of ether oxygens (including phenoxy) is 3. The minimum absolute atomic E-state index is 0.195. The number of likely N-dealkylation sites (tertiary alicyclic amines) is 2. The lowest BCUT2D eigenvalue weighted by molar-refractivity contribution is -0.0818. The molecule has 3 saturated heterocycles. The lowest BCUT2D eigenvalue weighted by Gasteiger charge is -2.42. The van der Waals surface area contributed by atoms with E-state index in [0.29, 0.717) is 50.8 Å². The lowest BCUT2D eigenvalue weighted by Crippen LogP contribution is -2.55. The maximum absolute atomic E-state index is 12.8. The van der Waals surface area contributed by atoms with E-state index < -0.39 is 5.60 Å². The number of hydrogen-bond donors (Lipinski definition) is 0. The zero-order valence-corrected chi connectivity index (χ0v) is 25.1. The van der Waals surface area contributed by atoms with Gasteiger partial charge in [0.25, 0.3) is 0 Å². The first-order valence-corrected chi connectivity index (χ1v) is 15.5. The average Bonchev–Trinajstić information content (AvgIpc) is 3.22. The number of carbonyl (C=O) groups excluding carboxylic acids is 2. The molecule has 1 aromatic carbocycles. The predicted octanol–water partition coefficient (Wildman–Crippen LogP) is 5.73. The van der Waals surface area contributed by atoms with Crippen LogP contribution in [0, 0.1) is 0 Å². The molecule has 9 nitrogen and oxygen atoms in total. The number of benzene rings is 1. The Kier molecular flexibility index (Phi) is 8.30. The Balaban J connectivity index is 0.968. The summed E-state index contributed by atoms with van der Waals surface area (Å²) in [6.07, 6.45) is 7.76. The summed E-state index contributed by atoms with van der Waals surface area (Å²) >= 11 is 0. The van der Waals surface area contributed by atoms with Gasteiger partial charge in [0.2, 0.25) is 0 Å². The molecule has 4 aliphatic rings. The Morgan fingerprint density at radius 2 is 1.57 bits per heavy atom. The van der Waals surface area contributed by atoms with E-state index in [1.165, 1.54) is 5.69 Å². The molecule has 0 N–H and O–H groups in total. The number of carbonyl (C=O) groups is 2. The van der Waals surface area contributed by atoms with Crippen molar-refractivity contribution in [2.45, 2.75) is 102 Å². The van der Waals surface area contributed by atoms with Crippen molar-refractivity contribution < 1.29 is 23.8 Å². The summed E-state index contributed by atoms with van der Waals surface area (Å²) < 4.78 is 17.6. The first kappa shape index (κ1) is 28.8. The van der Waals surface area contributed by atoms with Crippen LogP contribution in [0.2, 0.25) is 0 Å². The summed E-state index contributed by atoms with van der Waals surface area (Å²) in [7, 11) is 0. The second kappa shape index (κ2) is 12.1. The minimum Gasteiger partial charge on any atom is -0.445 e. The van der Waals surface area contributed by atoms with Crippen LogP contribution in [0.5, 0.6) is 0 Å². The van der Waals surface area contributed by atoms with E-state index in [9.17, 15) is 9.59 Å². The second-order valence-corrected chi connectivity index (χ2v) is 13.3. The monoisotopic (exact) mass is 576 g/mol. The van der Waals surface area contributed by atoms with Crippen LogP contribution in [-0.2, 0) is 20.8 Å². The summed E-state index contributed by atoms with van der Waals surface area (Å²) in [5.74, 6) is 0.406. The summed E-state index contributed by atoms with van der Waals surface area (Å²) in [6, 6.07) is 14.8. The fraction of sp³-hybridized carbons (Fsp3) is 0.606. The molecule has 2 amide bonds. The Hall–Kier alpha value is -3.33. The van der Waals surface area contributed by atoms with E-state index in [-0.39, 0.29) is 24.4 Å². The van der Waals surface area contributed by atoms with E-state index in [1.54, 1.807) is 4.90 Å². The molecule has 2 aromatic rings. The van der Waals surface area contributed by atoms with Gasteiger partial charge in [-0.1, -0.05) is 30.3 Å². The zero-order chi connectivity index (χ0) is 29.3. The van der Waals surface area contributed by atoms with Crippen molar-refractivity contribution in [3.05, 3.63) is 59.9 Å². The molecule has 42 heavy (non-hydrogen) atoms. The molecule has 226 valence electrons. The third kappa shape index (κ3) is 6.66. The van der Waals surface area contributed by atoms with E-state index in [1.807, 2.05) is 62.2 Å². The highest BCUT2D eigenvalue weighted by atomic mass is 16.6. The number of piperazine rings is 1. The number of aromatic nitrogens is 1. The van der Waals surface area contributed by atoms with E-state index >= 15 is 0 Å². The Bertz CT molecular complexity index is 1220. The number of rotatable bonds is 6. The molecule has 1 saturated carbocycles. The number of nitrogens with zero attached hydrogens (tertiary/aromatic N) is 4. The van der Waals surface area contributed by atoms with Gasteiger partial charge in [-0.25, -0.2) is 9.59 Å². The van der Waals surface area contributed by atoms with Gasteiger partial charge in [-0.2, -0.15) is 0 Å². The van der Waals surface area contributed by atoms with Crippen molar-refractivity contribution in [2.75, 3.05) is 31.1 Å². The maximum Gasteiger partial charge on any atom is 0.410 e. The van der Waals surface area contributed by atoms with Crippen molar-refractivity contribution in [2.24, 2.45) is 0 Å². The van der Waals surface area contributed by atoms with Crippen molar-refractivity contribution in [3.8, 4) is 0 Å². The molecule has 2 atom stereocenters. The number of amides is 2. The molecule has 6 rings (SSSR count). The molecular formula is C33H44N4O5. The van der Waals surface area contributed by atoms with Gasteiger partial charge in [0.05, 0.1) is 12.2 Å². The van der Waals surface area contributed by atoms with E-state index in [0.717, 1.165) is 49.8 Å². The second-order valence-electron chi connectivity index (χ2n) is 13.3. The first-order chi connectivity index (χ1) is 20.2. The molecule has 0 spiro atoms. The van der Waals surface area contributed by atoms with Crippen molar-refractivity contribution in [1.29, 1.82) is 0 Å². The Morgan fingerprint density at radius 3 is 2.24 bits per heavy atom. The summed E-state index contributed by atoms with van der Waals surface area (Å²) in [4.78, 5) is 36.1. The third-order valence-electron chi connectivity index (χ3n) is 9.00. The zero-order valence-electron chi connectivity index (χ0n) is 25.1. The van der Waals surface area contributed by atoms with Crippen LogP contribution in [0.1, 0.15) is 76.5 Å². The number of anilines is 1. The van der Waals surface area contributed by atoms with Gasteiger partial charge in [0.1, 0.15) is 12.2 Å². The van der Waals surface area contributed by atoms with Crippen LogP contribution in [0.25, 0.3) is 0 Å². The number of fused-ring (bicyclic) bond motifs is 2. The summed E-state index contributed by atoms with van der Waals surface area (Å²) in [6.45, 7) is 8.74. The number of pyridine rings is 1. The highest BCUT2D eigenvalue weighted by molar-refractivity contribution is 5.69. The molecular weight excluding hydrogens is 532 g/mol. The SMILES string of the molecule is CC(C)(C)OC(=O)N1CCC(OC2CC(c3cc(N4C5CCC4CN(C(=O)OCc4ccccc4)C5)ccn3)C2)CC1. The molecule has 9 heteroatoms. The van der Waals surface area contributed by atoms with Crippen LogP contribution in [0.3, 0.4) is 0 Å². The third-order valence-corrected chi connectivity index (χ3v) is 9.00. The van der Waals surface area contributed by atoms with Gasteiger partial charge in [-0.05, 0) is 77.0 Å². The fourth-order valence-electron chi connectivity index (χ4n) is 6.80. The van der Waals surface area contributed by atoms with Crippen LogP contribution in [0.4, 0.5) is 15.3 Å². The van der Waals surface area contributed by atoms with Crippen LogP contribution in [-0.4, -0.2) is 83.0 Å². The summed E-state index contributed by atoms with van der Waals surface area (Å²) in [5, 5.41) is 0. The number of hydrogen-bond acceptors (Lipinski definition) is 7. The minimum atomic E-state index is -0.471. The topological polar surface area (TPSA) is 84.4 Å². The van der Waals surface area contributed by atoms with Gasteiger partial charge in [0, 0.05) is 61.8 Å². The van der Waals surface area contributed by atoms with Gasteiger partial charge in [-0.3, -0.25) is 4.98 Å². The smallest absolute Gasteiger partial charge is 0.410 e. The van der Waals surface area contributed by atoms with Crippen LogP contribution >= 0.6 is 0 Å². The fourth-order valence-corrected chi connectivity index (χ4v) is 6.80. The van der Waals surface area contributed by atoms with E-state index in [2.05, 4.69) is 17.0 Å². The molecule has 4 fully saturated rings. The Labute approximate surface area is 249 Å². The van der Waals surface area contributed by atoms with Gasteiger partial charge in [-0.15, -0.1) is 0 Å². The van der Waals surface area contributed by atoms with Gasteiger partial charge in [0.15, 0.2) is 0 Å². The quantitative estimate of drug-likeness (QED) is 0.434. The van der Waals surface area contributed by atoms with Crippen molar-refractivity contribution >= 4 is 17.9 Å². The predicted molar refractivity (Wildman–Crippen MR) is 159 cm³/mol. The maximum atomic E-state index is 12.8.